The molecule has 0 aliphatic rings. The van der Waals surface area contributed by atoms with Gasteiger partial charge >= 0.3 is 5.97 Å². The van der Waals surface area contributed by atoms with Gasteiger partial charge in [-0.15, -0.1) is 0 Å². The van der Waals surface area contributed by atoms with Gasteiger partial charge in [-0.2, -0.15) is 0 Å². The molecule has 0 heterocycles. The number of benzene rings is 1. The van der Waals surface area contributed by atoms with E-state index in [1.807, 2.05) is 6.92 Å². The summed E-state index contributed by atoms with van der Waals surface area (Å²) in [4.78, 5) is 36.3. The second kappa shape index (κ2) is 9.29. The molecule has 1 aromatic carbocycles. The highest BCUT2D eigenvalue weighted by Crippen LogP contribution is 2.10. The zero-order chi connectivity index (χ0) is 17.4. The predicted molar refractivity (Wildman–Crippen MR) is 90.2 cm³/mol. The molecular weight excluding hydrogens is 364 g/mol. The van der Waals surface area contributed by atoms with Crippen molar-refractivity contribution in [2.24, 2.45) is 0 Å². The number of aliphatic carboxylic acids is 1. The van der Waals surface area contributed by atoms with Gasteiger partial charge in [0.1, 0.15) is 6.54 Å². The number of nitrogens with zero attached hydrogens (tertiary/aromatic N) is 1. The van der Waals surface area contributed by atoms with Crippen LogP contribution in [0.2, 0.25) is 0 Å². The Kier molecular flexibility index (Phi) is 7.74. The third-order valence-electron chi connectivity index (χ3n) is 3.48. The van der Waals surface area contributed by atoms with Gasteiger partial charge < -0.3 is 15.3 Å². The normalized spacial score (nSPS) is 11.6. The van der Waals surface area contributed by atoms with E-state index < -0.39 is 5.97 Å². The van der Waals surface area contributed by atoms with Crippen molar-refractivity contribution in [2.45, 2.75) is 32.7 Å². The Bertz CT molecular complexity index is 560. The molecule has 7 heteroatoms. The Morgan fingerprint density at radius 3 is 2.39 bits per heavy atom. The van der Waals surface area contributed by atoms with E-state index in [1.165, 1.54) is 4.90 Å². The number of carboxylic acids is 1. The highest BCUT2D eigenvalue weighted by atomic mass is 79.9. The Morgan fingerprint density at radius 2 is 1.87 bits per heavy atom. The van der Waals surface area contributed by atoms with Crippen molar-refractivity contribution in [1.29, 1.82) is 0 Å². The fourth-order valence-electron chi connectivity index (χ4n) is 1.99. The number of carbonyl (C=O) groups is 3. The van der Waals surface area contributed by atoms with Crippen molar-refractivity contribution in [1.82, 2.24) is 10.2 Å². The molecule has 0 saturated heterocycles. The molecule has 0 spiro atoms. The minimum atomic E-state index is -1.04. The van der Waals surface area contributed by atoms with Crippen molar-refractivity contribution >= 4 is 33.7 Å². The maximum absolute atomic E-state index is 12.1. The molecule has 1 atom stereocenters. The highest BCUT2D eigenvalue weighted by Gasteiger charge is 2.21. The standard InChI is InChI=1S/C16H21BrN2O4/c1-3-11(2)19(10-15(21)22)14(20)8-9-18-16(23)12-4-6-13(17)7-5-12/h4-7,11H,3,8-10H2,1-2H3,(H,18,23)(H,21,22). The Balaban J connectivity index is 2.52. The first-order valence-corrected chi connectivity index (χ1v) is 8.19. The predicted octanol–water partition coefficient (Wildman–Crippen LogP) is 2.28. The number of halogens is 1. The molecule has 2 amide bonds. The topological polar surface area (TPSA) is 86.7 Å². The Morgan fingerprint density at radius 1 is 1.26 bits per heavy atom. The van der Waals surface area contributed by atoms with Crippen LogP contribution in [-0.4, -0.2) is 46.9 Å². The lowest BCUT2D eigenvalue weighted by Gasteiger charge is -2.27. The van der Waals surface area contributed by atoms with Crippen LogP contribution in [0, 0.1) is 0 Å². The third kappa shape index (κ3) is 6.40. The molecule has 0 aliphatic carbocycles. The molecule has 1 aromatic rings. The van der Waals surface area contributed by atoms with Gasteiger partial charge in [-0.25, -0.2) is 0 Å². The van der Waals surface area contributed by atoms with E-state index in [0.717, 1.165) is 4.47 Å². The van der Waals surface area contributed by atoms with Crippen LogP contribution in [-0.2, 0) is 9.59 Å². The summed E-state index contributed by atoms with van der Waals surface area (Å²) >= 11 is 3.29. The average molecular weight is 385 g/mol. The lowest BCUT2D eigenvalue weighted by Crippen LogP contribution is -2.43. The zero-order valence-corrected chi connectivity index (χ0v) is 14.8. The molecule has 0 aliphatic heterocycles. The molecule has 6 nitrogen and oxygen atoms in total. The molecule has 126 valence electrons. The van der Waals surface area contributed by atoms with Crippen LogP contribution >= 0.6 is 15.9 Å². The van der Waals surface area contributed by atoms with E-state index in [9.17, 15) is 14.4 Å². The number of rotatable bonds is 8. The van der Waals surface area contributed by atoms with Crippen LogP contribution in [0.1, 0.15) is 37.0 Å². The summed E-state index contributed by atoms with van der Waals surface area (Å²) in [6, 6.07) is 6.73. The lowest BCUT2D eigenvalue weighted by atomic mass is 10.2. The maximum atomic E-state index is 12.1. The Labute approximate surface area is 144 Å². The van der Waals surface area contributed by atoms with Crippen molar-refractivity contribution in [3.63, 3.8) is 0 Å². The smallest absolute Gasteiger partial charge is 0.323 e. The van der Waals surface area contributed by atoms with Gasteiger partial charge in [0, 0.05) is 29.0 Å². The number of hydrogen-bond donors (Lipinski definition) is 2. The summed E-state index contributed by atoms with van der Waals surface area (Å²) in [6.45, 7) is 3.54. The van der Waals surface area contributed by atoms with Gasteiger partial charge in [-0.3, -0.25) is 14.4 Å². The largest absolute Gasteiger partial charge is 0.480 e. The summed E-state index contributed by atoms with van der Waals surface area (Å²) in [6.07, 6.45) is 0.740. The number of carbonyl (C=O) groups excluding carboxylic acids is 2. The van der Waals surface area contributed by atoms with Crippen LogP contribution in [0.25, 0.3) is 0 Å². The minimum Gasteiger partial charge on any atom is -0.480 e. The first-order valence-electron chi connectivity index (χ1n) is 7.40. The van der Waals surface area contributed by atoms with Gasteiger partial charge in [-0.05, 0) is 37.6 Å². The van der Waals surface area contributed by atoms with E-state index >= 15 is 0 Å². The first-order chi connectivity index (χ1) is 10.8. The number of carboxylic acid groups (broad SMARTS) is 1. The lowest BCUT2D eigenvalue weighted by molar-refractivity contribution is -0.146. The summed E-state index contributed by atoms with van der Waals surface area (Å²) in [5.74, 6) is -1.59. The summed E-state index contributed by atoms with van der Waals surface area (Å²) in [5.41, 5.74) is 0.505. The van der Waals surface area contributed by atoms with E-state index in [4.69, 9.17) is 5.11 Å². The van der Waals surface area contributed by atoms with Crippen molar-refractivity contribution < 1.29 is 19.5 Å². The SMILES string of the molecule is CCC(C)N(CC(=O)O)C(=O)CCNC(=O)c1ccc(Br)cc1. The number of amides is 2. The summed E-state index contributed by atoms with van der Waals surface area (Å²) < 4.78 is 0.877. The molecule has 1 rings (SSSR count). The van der Waals surface area contributed by atoms with Crippen LogP contribution in [0.5, 0.6) is 0 Å². The molecule has 0 fully saturated rings. The highest BCUT2D eigenvalue weighted by molar-refractivity contribution is 9.10. The zero-order valence-electron chi connectivity index (χ0n) is 13.2. The van der Waals surface area contributed by atoms with Crippen LogP contribution in [0.15, 0.2) is 28.7 Å². The third-order valence-corrected chi connectivity index (χ3v) is 4.01. The van der Waals surface area contributed by atoms with Gasteiger partial charge in [0.05, 0.1) is 0 Å². The van der Waals surface area contributed by atoms with E-state index in [-0.39, 0.29) is 37.4 Å². The van der Waals surface area contributed by atoms with Crippen molar-refractivity contribution in [3.8, 4) is 0 Å². The quantitative estimate of drug-likeness (QED) is 0.719. The van der Waals surface area contributed by atoms with Crippen molar-refractivity contribution in [2.75, 3.05) is 13.1 Å². The molecule has 0 saturated carbocycles. The van der Waals surface area contributed by atoms with Gasteiger partial charge in [0.15, 0.2) is 0 Å². The summed E-state index contributed by atoms with van der Waals surface area (Å²) in [5, 5.41) is 11.6. The van der Waals surface area contributed by atoms with Crippen LogP contribution < -0.4 is 5.32 Å². The first kappa shape index (κ1) is 19.2. The fourth-order valence-corrected chi connectivity index (χ4v) is 2.25. The van der Waals surface area contributed by atoms with Crippen LogP contribution in [0.4, 0.5) is 0 Å². The van der Waals surface area contributed by atoms with E-state index in [1.54, 1.807) is 31.2 Å². The van der Waals surface area contributed by atoms with Gasteiger partial charge in [-0.1, -0.05) is 22.9 Å². The van der Waals surface area contributed by atoms with E-state index in [2.05, 4.69) is 21.2 Å². The molecule has 0 aromatic heterocycles. The second-order valence-corrected chi connectivity index (χ2v) is 6.10. The second-order valence-electron chi connectivity index (χ2n) is 5.19. The molecule has 23 heavy (non-hydrogen) atoms. The number of nitrogens with one attached hydrogen (secondary N) is 1. The van der Waals surface area contributed by atoms with Gasteiger partial charge in [0.25, 0.3) is 5.91 Å². The maximum Gasteiger partial charge on any atom is 0.323 e. The molecule has 2 N–H and O–H groups in total. The van der Waals surface area contributed by atoms with Crippen LogP contribution in [0.3, 0.4) is 0 Å². The molecule has 0 radical (unpaired) electrons. The average Bonchev–Trinajstić information content (AvgIpc) is 2.52. The number of hydrogen-bond acceptors (Lipinski definition) is 3. The minimum absolute atomic E-state index is 0.0693. The molecule has 1 unspecified atom stereocenters. The molecule has 0 bridgehead atoms. The Hall–Kier alpha value is -1.89. The summed E-state index contributed by atoms with van der Waals surface area (Å²) in [7, 11) is 0. The van der Waals surface area contributed by atoms with Gasteiger partial charge in [0.2, 0.25) is 5.91 Å². The monoisotopic (exact) mass is 384 g/mol. The molecular formula is C16H21BrN2O4. The fraction of sp³-hybridized carbons (Fsp3) is 0.438. The van der Waals surface area contributed by atoms with E-state index in [0.29, 0.717) is 12.0 Å². The van der Waals surface area contributed by atoms with Crippen molar-refractivity contribution in [3.05, 3.63) is 34.3 Å².